The van der Waals surface area contributed by atoms with Crippen LogP contribution in [0, 0.1) is 6.92 Å². The van der Waals surface area contributed by atoms with E-state index in [0.717, 1.165) is 11.3 Å². The van der Waals surface area contributed by atoms with E-state index in [9.17, 15) is 4.79 Å². The highest BCUT2D eigenvalue weighted by Gasteiger charge is 2.10. The number of anilines is 2. The Hall–Kier alpha value is -3.15. The molecule has 0 bridgehead atoms. The molecule has 2 aromatic carbocycles. The van der Waals surface area contributed by atoms with Gasteiger partial charge in [-0.2, -0.15) is 4.98 Å². The van der Waals surface area contributed by atoms with Gasteiger partial charge in [-0.15, -0.1) is 0 Å². The minimum atomic E-state index is -0.167. The van der Waals surface area contributed by atoms with Gasteiger partial charge in [0.1, 0.15) is 0 Å². The molecule has 0 fully saturated rings. The molecule has 1 aromatic heterocycles. The maximum atomic E-state index is 12.5. The second-order valence-corrected chi connectivity index (χ2v) is 5.62. The molecule has 0 saturated carbocycles. The third-order valence-corrected chi connectivity index (χ3v) is 3.53. The Morgan fingerprint density at radius 3 is 2.62 bits per heavy atom. The molecule has 1 heterocycles. The van der Waals surface area contributed by atoms with Crippen LogP contribution < -0.4 is 10.2 Å². The highest BCUT2D eigenvalue weighted by atomic mass is 16.5. The van der Waals surface area contributed by atoms with E-state index in [1.807, 2.05) is 61.5 Å². The van der Waals surface area contributed by atoms with Gasteiger partial charge in [0.05, 0.1) is 0 Å². The van der Waals surface area contributed by atoms with Crippen molar-refractivity contribution in [3.05, 3.63) is 60.0 Å². The van der Waals surface area contributed by atoms with Crippen LogP contribution >= 0.6 is 0 Å². The molecule has 122 valence electrons. The SMILES string of the molecule is Cc1nc(-c2cccc(NC(=O)c3cccc(N(C)C)c3)c2)no1. The Morgan fingerprint density at radius 2 is 1.92 bits per heavy atom. The molecule has 0 aliphatic carbocycles. The van der Waals surface area contributed by atoms with Gasteiger partial charge < -0.3 is 14.7 Å². The van der Waals surface area contributed by atoms with Crippen molar-refractivity contribution in [1.82, 2.24) is 10.1 Å². The second-order valence-electron chi connectivity index (χ2n) is 5.62. The number of carbonyl (C=O) groups is 1. The lowest BCUT2D eigenvalue weighted by Gasteiger charge is -2.13. The first-order valence-electron chi connectivity index (χ1n) is 7.52. The van der Waals surface area contributed by atoms with Crippen molar-refractivity contribution in [1.29, 1.82) is 0 Å². The van der Waals surface area contributed by atoms with Crippen molar-refractivity contribution in [2.45, 2.75) is 6.92 Å². The summed E-state index contributed by atoms with van der Waals surface area (Å²) in [5.74, 6) is 0.832. The third-order valence-electron chi connectivity index (χ3n) is 3.53. The van der Waals surface area contributed by atoms with E-state index in [1.54, 1.807) is 13.0 Å². The van der Waals surface area contributed by atoms with Crippen LogP contribution in [-0.2, 0) is 0 Å². The fourth-order valence-electron chi connectivity index (χ4n) is 2.28. The standard InChI is InChI=1S/C18H18N4O2/c1-12-19-17(21-24-12)13-6-4-8-15(10-13)20-18(23)14-7-5-9-16(11-14)22(2)3/h4-11H,1-3H3,(H,20,23). The lowest BCUT2D eigenvalue weighted by atomic mass is 10.1. The highest BCUT2D eigenvalue weighted by Crippen LogP contribution is 2.21. The normalized spacial score (nSPS) is 10.5. The minimum absolute atomic E-state index is 0.167. The van der Waals surface area contributed by atoms with Crippen molar-refractivity contribution in [3.8, 4) is 11.4 Å². The zero-order valence-corrected chi connectivity index (χ0v) is 13.8. The first-order chi connectivity index (χ1) is 11.5. The molecule has 0 unspecified atom stereocenters. The molecule has 24 heavy (non-hydrogen) atoms. The summed E-state index contributed by atoms with van der Waals surface area (Å²) in [6.07, 6.45) is 0. The van der Waals surface area contributed by atoms with Crippen molar-refractivity contribution < 1.29 is 9.32 Å². The van der Waals surface area contributed by atoms with Crippen LogP contribution in [0.1, 0.15) is 16.2 Å². The van der Waals surface area contributed by atoms with Gasteiger partial charge >= 0.3 is 0 Å². The number of amides is 1. The van der Waals surface area contributed by atoms with E-state index in [4.69, 9.17) is 4.52 Å². The number of benzene rings is 2. The summed E-state index contributed by atoms with van der Waals surface area (Å²) in [6, 6.07) is 14.8. The van der Waals surface area contributed by atoms with Crippen LogP contribution in [0.3, 0.4) is 0 Å². The van der Waals surface area contributed by atoms with Crippen molar-refractivity contribution in [3.63, 3.8) is 0 Å². The van der Waals surface area contributed by atoms with E-state index in [-0.39, 0.29) is 5.91 Å². The Morgan fingerprint density at radius 1 is 1.12 bits per heavy atom. The van der Waals surface area contributed by atoms with Gasteiger partial charge in [-0.3, -0.25) is 4.79 Å². The van der Waals surface area contributed by atoms with Crippen LogP contribution in [0.15, 0.2) is 53.1 Å². The fourth-order valence-corrected chi connectivity index (χ4v) is 2.28. The monoisotopic (exact) mass is 322 g/mol. The number of carbonyl (C=O) groups excluding carboxylic acids is 1. The Labute approximate surface area is 140 Å². The summed E-state index contributed by atoms with van der Waals surface area (Å²) in [5.41, 5.74) is 3.03. The van der Waals surface area contributed by atoms with E-state index in [2.05, 4.69) is 15.5 Å². The molecule has 1 N–H and O–H groups in total. The molecule has 3 rings (SSSR count). The quantitative estimate of drug-likeness (QED) is 0.797. The number of hydrogen-bond donors (Lipinski definition) is 1. The zero-order chi connectivity index (χ0) is 17.1. The minimum Gasteiger partial charge on any atom is -0.378 e. The number of aromatic nitrogens is 2. The van der Waals surface area contributed by atoms with Crippen LogP contribution in [0.4, 0.5) is 11.4 Å². The highest BCUT2D eigenvalue weighted by molar-refractivity contribution is 6.05. The average Bonchev–Trinajstić information content (AvgIpc) is 3.02. The van der Waals surface area contributed by atoms with E-state index >= 15 is 0 Å². The van der Waals surface area contributed by atoms with Crippen molar-refractivity contribution >= 4 is 17.3 Å². The topological polar surface area (TPSA) is 71.3 Å². The smallest absolute Gasteiger partial charge is 0.255 e. The van der Waals surface area contributed by atoms with Gasteiger partial charge in [-0.1, -0.05) is 23.4 Å². The second kappa shape index (κ2) is 6.54. The summed E-state index contributed by atoms with van der Waals surface area (Å²) in [6.45, 7) is 1.74. The molecule has 0 aliphatic heterocycles. The van der Waals surface area contributed by atoms with E-state index < -0.39 is 0 Å². The van der Waals surface area contributed by atoms with Crippen LogP contribution in [0.25, 0.3) is 11.4 Å². The summed E-state index contributed by atoms with van der Waals surface area (Å²) < 4.78 is 4.99. The van der Waals surface area contributed by atoms with Crippen molar-refractivity contribution in [2.24, 2.45) is 0 Å². The lowest BCUT2D eigenvalue weighted by Crippen LogP contribution is -2.14. The maximum absolute atomic E-state index is 12.5. The van der Waals surface area contributed by atoms with Crippen LogP contribution in [0.5, 0.6) is 0 Å². The van der Waals surface area contributed by atoms with E-state index in [1.165, 1.54) is 0 Å². The number of nitrogens with zero attached hydrogens (tertiary/aromatic N) is 3. The predicted molar refractivity (Wildman–Crippen MR) is 93.2 cm³/mol. The molecular weight excluding hydrogens is 304 g/mol. The van der Waals surface area contributed by atoms with Crippen LogP contribution in [0.2, 0.25) is 0 Å². The van der Waals surface area contributed by atoms with Crippen LogP contribution in [-0.4, -0.2) is 30.1 Å². The first kappa shape index (κ1) is 15.7. The summed E-state index contributed by atoms with van der Waals surface area (Å²) in [4.78, 5) is 18.6. The van der Waals surface area contributed by atoms with Gasteiger partial charge in [0.15, 0.2) is 0 Å². The number of rotatable bonds is 4. The van der Waals surface area contributed by atoms with Gasteiger partial charge in [0.2, 0.25) is 11.7 Å². The number of aryl methyl sites for hydroxylation is 1. The maximum Gasteiger partial charge on any atom is 0.255 e. The molecule has 0 atom stereocenters. The van der Waals surface area contributed by atoms with Gasteiger partial charge in [0, 0.05) is 43.5 Å². The molecule has 0 spiro atoms. The lowest BCUT2D eigenvalue weighted by molar-refractivity contribution is 0.102. The zero-order valence-electron chi connectivity index (χ0n) is 13.8. The summed E-state index contributed by atoms with van der Waals surface area (Å²) in [7, 11) is 3.88. The summed E-state index contributed by atoms with van der Waals surface area (Å²) in [5, 5.41) is 6.79. The number of nitrogens with one attached hydrogen (secondary N) is 1. The Balaban J connectivity index is 1.81. The molecule has 0 saturated heterocycles. The number of hydrogen-bond acceptors (Lipinski definition) is 5. The van der Waals surface area contributed by atoms with Gasteiger partial charge in [0.25, 0.3) is 5.91 Å². The van der Waals surface area contributed by atoms with E-state index in [0.29, 0.717) is 23.0 Å². The molecule has 6 heteroatoms. The van der Waals surface area contributed by atoms with Gasteiger partial charge in [-0.05, 0) is 30.3 Å². The van der Waals surface area contributed by atoms with Gasteiger partial charge in [-0.25, -0.2) is 0 Å². The average molecular weight is 322 g/mol. The molecule has 3 aromatic rings. The third kappa shape index (κ3) is 3.43. The largest absolute Gasteiger partial charge is 0.378 e. The molecule has 0 radical (unpaired) electrons. The molecule has 6 nitrogen and oxygen atoms in total. The Bertz CT molecular complexity index is 871. The predicted octanol–water partition coefficient (Wildman–Crippen LogP) is 3.36. The molecule has 1 amide bonds. The molecular formula is C18H18N4O2. The van der Waals surface area contributed by atoms with Crippen molar-refractivity contribution in [2.75, 3.05) is 24.3 Å². The first-order valence-corrected chi connectivity index (χ1v) is 7.52. The molecule has 0 aliphatic rings. The summed E-state index contributed by atoms with van der Waals surface area (Å²) >= 11 is 0. The Kier molecular flexibility index (Phi) is 4.29. The fraction of sp³-hybridized carbons (Fsp3) is 0.167.